The minimum Gasteiger partial charge on any atom is -0.334 e. The molecule has 0 saturated heterocycles. The minimum atomic E-state index is -0.128. The number of aromatic nitrogens is 1. The molecule has 4 rings (SSSR count). The highest BCUT2D eigenvalue weighted by atomic mass is 32.1. The lowest BCUT2D eigenvalue weighted by Crippen LogP contribution is -2.31. The maximum atomic E-state index is 12.8. The number of aryl methyl sites for hydroxylation is 1. The van der Waals surface area contributed by atoms with Gasteiger partial charge in [-0.1, -0.05) is 27.7 Å². The normalized spacial score (nSPS) is 14.1. The first-order valence-corrected chi connectivity index (χ1v) is 12.8. The van der Waals surface area contributed by atoms with Crippen LogP contribution in [0.4, 0.5) is 9.80 Å². The standard InChI is InChI=1S/C24H32N4OS2/c1-5-17-13-20(16(3)4)30-22(17)26-24(29)25-14-19-18-9-12-27(6-2)15-21(18)31-23(19)28-10-7-8-11-28/h7-8,10-11,13,16H,5-6,9,12,14-15H2,1-4H3,(H2,25,26,29). The number of fused-ring (bicyclic) bond motifs is 1. The van der Waals surface area contributed by atoms with Crippen molar-refractivity contribution in [3.05, 3.63) is 57.0 Å². The smallest absolute Gasteiger partial charge is 0.320 e. The van der Waals surface area contributed by atoms with Crippen LogP contribution in [0, 0.1) is 0 Å². The SMILES string of the molecule is CCc1cc(C(C)C)sc1NC(=O)NCc1c(-n2cccc2)sc2c1CCN(CC)C2. The molecule has 2 amide bonds. The highest BCUT2D eigenvalue weighted by molar-refractivity contribution is 7.16. The lowest BCUT2D eigenvalue weighted by Gasteiger charge is -2.25. The molecule has 7 heteroatoms. The number of urea groups is 1. The molecule has 166 valence electrons. The third kappa shape index (κ3) is 4.73. The van der Waals surface area contributed by atoms with Gasteiger partial charge in [-0.3, -0.25) is 10.2 Å². The molecular formula is C24H32N4OS2. The van der Waals surface area contributed by atoms with Gasteiger partial charge in [0.1, 0.15) is 5.00 Å². The van der Waals surface area contributed by atoms with Crippen molar-refractivity contribution >= 4 is 33.7 Å². The van der Waals surface area contributed by atoms with Crippen molar-refractivity contribution in [1.29, 1.82) is 0 Å². The van der Waals surface area contributed by atoms with Crippen molar-refractivity contribution in [3.8, 4) is 5.00 Å². The van der Waals surface area contributed by atoms with Crippen LogP contribution in [-0.4, -0.2) is 28.6 Å². The Morgan fingerprint density at radius 2 is 1.97 bits per heavy atom. The zero-order valence-electron chi connectivity index (χ0n) is 18.8. The summed E-state index contributed by atoms with van der Waals surface area (Å²) in [4.78, 5) is 18.0. The Hall–Kier alpha value is -2.09. The van der Waals surface area contributed by atoms with E-state index < -0.39 is 0 Å². The molecule has 0 spiro atoms. The van der Waals surface area contributed by atoms with E-state index in [-0.39, 0.29) is 6.03 Å². The molecule has 0 fully saturated rings. The number of hydrogen-bond acceptors (Lipinski definition) is 4. The van der Waals surface area contributed by atoms with Gasteiger partial charge in [0.15, 0.2) is 0 Å². The summed E-state index contributed by atoms with van der Waals surface area (Å²) in [6.45, 7) is 12.4. The molecule has 2 N–H and O–H groups in total. The van der Waals surface area contributed by atoms with Crippen molar-refractivity contribution in [1.82, 2.24) is 14.8 Å². The van der Waals surface area contributed by atoms with E-state index in [1.54, 1.807) is 11.3 Å². The van der Waals surface area contributed by atoms with Gasteiger partial charge in [0, 0.05) is 47.3 Å². The van der Waals surface area contributed by atoms with Crippen LogP contribution in [0.15, 0.2) is 30.6 Å². The summed E-state index contributed by atoms with van der Waals surface area (Å²) in [5.41, 5.74) is 3.89. The highest BCUT2D eigenvalue weighted by Gasteiger charge is 2.24. The summed E-state index contributed by atoms with van der Waals surface area (Å²) in [5, 5.41) is 8.44. The predicted octanol–water partition coefficient (Wildman–Crippen LogP) is 5.99. The number of thiophene rings is 2. The molecule has 0 aromatic carbocycles. The Labute approximate surface area is 193 Å². The van der Waals surface area contributed by atoms with Crippen LogP contribution < -0.4 is 10.6 Å². The topological polar surface area (TPSA) is 49.3 Å². The average molecular weight is 457 g/mol. The fourth-order valence-corrected chi connectivity index (χ4v) is 6.58. The molecule has 3 aromatic heterocycles. The van der Waals surface area contributed by atoms with Gasteiger partial charge in [0.05, 0.1) is 5.00 Å². The molecule has 0 unspecified atom stereocenters. The maximum absolute atomic E-state index is 12.8. The Morgan fingerprint density at radius 1 is 1.19 bits per heavy atom. The number of likely N-dealkylation sites (N-methyl/N-ethyl adjacent to an activating group) is 1. The van der Waals surface area contributed by atoms with Crippen LogP contribution in [0.3, 0.4) is 0 Å². The summed E-state index contributed by atoms with van der Waals surface area (Å²) in [7, 11) is 0. The van der Waals surface area contributed by atoms with Gasteiger partial charge >= 0.3 is 6.03 Å². The largest absolute Gasteiger partial charge is 0.334 e. The predicted molar refractivity (Wildman–Crippen MR) is 132 cm³/mol. The first kappa shape index (κ1) is 22.1. The lowest BCUT2D eigenvalue weighted by molar-refractivity contribution is 0.251. The molecule has 0 radical (unpaired) electrons. The molecule has 1 aliphatic heterocycles. The lowest BCUT2D eigenvalue weighted by atomic mass is 10.0. The van der Waals surface area contributed by atoms with E-state index in [1.165, 1.54) is 31.4 Å². The van der Waals surface area contributed by atoms with Crippen molar-refractivity contribution < 1.29 is 4.79 Å². The number of hydrogen-bond donors (Lipinski definition) is 2. The molecule has 3 aromatic rings. The molecule has 0 aliphatic carbocycles. The van der Waals surface area contributed by atoms with Crippen molar-refractivity contribution in [2.24, 2.45) is 0 Å². The Kier molecular flexibility index (Phi) is 6.84. The first-order valence-electron chi connectivity index (χ1n) is 11.2. The second kappa shape index (κ2) is 9.59. The van der Waals surface area contributed by atoms with Gasteiger partial charge < -0.3 is 9.88 Å². The van der Waals surface area contributed by atoms with Crippen LogP contribution in [0.5, 0.6) is 0 Å². The number of anilines is 1. The molecule has 4 heterocycles. The van der Waals surface area contributed by atoms with Gasteiger partial charge in [0.25, 0.3) is 0 Å². The highest BCUT2D eigenvalue weighted by Crippen LogP contribution is 2.36. The van der Waals surface area contributed by atoms with E-state index in [2.05, 4.69) is 78.4 Å². The fraction of sp³-hybridized carbons (Fsp3) is 0.458. The van der Waals surface area contributed by atoms with Crippen LogP contribution in [0.25, 0.3) is 5.00 Å². The van der Waals surface area contributed by atoms with Gasteiger partial charge in [0.2, 0.25) is 0 Å². The number of carbonyl (C=O) groups excluding carboxylic acids is 1. The number of rotatable bonds is 7. The van der Waals surface area contributed by atoms with Crippen LogP contribution in [0.2, 0.25) is 0 Å². The molecule has 31 heavy (non-hydrogen) atoms. The fourth-order valence-electron chi connectivity index (χ4n) is 4.06. The van der Waals surface area contributed by atoms with E-state index in [9.17, 15) is 4.79 Å². The summed E-state index contributed by atoms with van der Waals surface area (Å²) in [6.07, 6.45) is 6.14. The van der Waals surface area contributed by atoms with E-state index in [0.29, 0.717) is 12.5 Å². The van der Waals surface area contributed by atoms with Gasteiger partial charge in [-0.2, -0.15) is 0 Å². The third-order valence-electron chi connectivity index (χ3n) is 5.94. The number of amides is 2. The zero-order valence-corrected chi connectivity index (χ0v) is 20.5. The number of nitrogens with zero attached hydrogens (tertiary/aromatic N) is 2. The van der Waals surface area contributed by atoms with E-state index >= 15 is 0 Å². The van der Waals surface area contributed by atoms with Crippen LogP contribution in [0.1, 0.15) is 60.1 Å². The molecule has 0 saturated carbocycles. The van der Waals surface area contributed by atoms with E-state index in [1.807, 2.05) is 11.3 Å². The van der Waals surface area contributed by atoms with Gasteiger partial charge in [-0.15, -0.1) is 22.7 Å². The van der Waals surface area contributed by atoms with Gasteiger partial charge in [-0.25, -0.2) is 4.79 Å². The van der Waals surface area contributed by atoms with E-state index in [4.69, 9.17) is 0 Å². The zero-order chi connectivity index (χ0) is 22.0. The molecule has 1 aliphatic rings. The quantitative estimate of drug-likeness (QED) is 0.459. The number of carbonyl (C=O) groups is 1. The molecular weight excluding hydrogens is 424 g/mol. The summed E-state index contributed by atoms with van der Waals surface area (Å²) in [6, 6.07) is 6.20. The monoisotopic (exact) mass is 456 g/mol. The second-order valence-corrected chi connectivity index (χ2v) is 10.5. The molecule has 5 nitrogen and oxygen atoms in total. The summed E-state index contributed by atoms with van der Waals surface area (Å²) >= 11 is 3.55. The Bertz CT molecular complexity index is 1030. The Morgan fingerprint density at radius 3 is 2.65 bits per heavy atom. The van der Waals surface area contributed by atoms with Gasteiger partial charge in [-0.05, 0) is 54.6 Å². The molecule has 0 bridgehead atoms. The van der Waals surface area contributed by atoms with E-state index in [0.717, 1.165) is 37.5 Å². The minimum absolute atomic E-state index is 0.128. The molecule has 0 atom stereocenters. The Balaban J connectivity index is 1.52. The van der Waals surface area contributed by atoms with Crippen molar-refractivity contribution in [2.45, 2.75) is 59.5 Å². The third-order valence-corrected chi connectivity index (χ3v) is 8.61. The summed E-state index contributed by atoms with van der Waals surface area (Å²) < 4.78 is 2.18. The second-order valence-electron chi connectivity index (χ2n) is 8.32. The average Bonchev–Trinajstić information content (AvgIpc) is 3.49. The summed E-state index contributed by atoms with van der Waals surface area (Å²) in [5.74, 6) is 0.470. The maximum Gasteiger partial charge on any atom is 0.320 e. The van der Waals surface area contributed by atoms with Crippen molar-refractivity contribution in [3.63, 3.8) is 0 Å². The van der Waals surface area contributed by atoms with Crippen LogP contribution >= 0.6 is 22.7 Å². The number of nitrogens with one attached hydrogen (secondary N) is 2. The first-order chi connectivity index (χ1) is 15.0. The van der Waals surface area contributed by atoms with Crippen LogP contribution in [-0.2, 0) is 25.9 Å². The van der Waals surface area contributed by atoms with Crippen molar-refractivity contribution in [2.75, 3.05) is 18.4 Å².